The maximum Gasteiger partial charge on any atom is 0.239 e. The molecule has 2 rings (SSSR count). The number of carbonyl (C=O) groups is 1. The molecule has 3 heteroatoms. The third-order valence-corrected chi connectivity index (χ3v) is 4.06. The fourth-order valence-electron chi connectivity index (χ4n) is 2.89. The largest absolute Gasteiger partial charge is 0.363 e. The Morgan fingerprint density at radius 2 is 1.80 bits per heavy atom. The summed E-state index contributed by atoms with van der Waals surface area (Å²) >= 11 is 0. The molecule has 20 heavy (non-hydrogen) atoms. The number of likely N-dealkylation sites (N-methyl/N-ethyl adjacent to an activating group) is 1. The van der Waals surface area contributed by atoms with Gasteiger partial charge in [-0.1, -0.05) is 43.9 Å². The van der Waals surface area contributed by atoms with Crippen LogP contribution < -0.4 is 10.2 Å². The van der Waals surface area contributed by atoms with Gasteiger partial charge < -0.3 is 10.2 Å². The van der Waals surface area contributed by atoms with Crippen molar-refractivity contribution in [2.24, 2.45) is 0 Å². The Balaban J connectivity index is 1.86. The van der Waals surface area contributed by atoms with E-state index in [0.717, 1.165) is 25.1 Å². The van der Waals surface area contributed by atoms with Gasteiger partial charge in [0.1, 0.15) is 0 Å². The molecule has 0 unspecified atom stereocenters. The first-order valence-corrected chi connectivity index (χ1v) is 7.89. The van der Waals surface area contributed by atoms with E-state index in [0.29, 0.717) is 12.6 Å². The lowest BCUT2D eigenvalue weighted by Gasteiger charge is -2.24. The normalized spacial score (nSPS) is 16.4. The molecule has 0 atom stereocenters. The molecule has 1 aromatic carbocycles. The predicted molar refractivity (Wildman–Crippen MR) is 84.0 cm³/mol. The summed E-state index contributed by atoms with van der Waals surface area (Å²) < 4.78 is 0. The Morgan fingerprint density at radius 3 is 2.40 bits per heavy atom. The molecule has 0 spiro atoms. The smallest absolute Gasteiger partial charge is 0.239 e. The van der Waals surface area contributed by atoms with Crippen LogP contribution in [0.3, 0.4) is 0 Å². The van der Waals surface area contributed by atoms with Crippen LogP contribution in [0.4, 0.5) is 5.69 Å². The predicted octanol–water partition coefficient (Wildman–Crippen LogP) is 3.35. The molecule has 1 aliphatic rings. The molecule has 0 aromatic heterocycles. The molecule has 1 fully saturated rings. The molecule has 1 aromatic rings. The summed E-state index contributed by atoms with van der Waals surface area (Å²) in [6.07, 6.45) is 7.42. The molecule has 0 bridgehead atoms. The highest BCUT2D eigenvalue weighted by molar-refractivity contribution is 5.81. The number of hydrogen-bond acceptors (Lipinski definition) is 2. The molecule has 3 nitrogen and oxygen atoms in total. The third-order valence-electron chi connectivity index (χ3n) is 4.06. The molecule has 0 heterocycles. The van der Waals surface area contributed by atoms with Gasteiger partial charge in [0.15, 0.2) is 0 Å². The SMILES string of the molecule is CCN(CC(=O)NC1CCCCCC1)c1ccccc1. The van der Waals surface area contributed by atoms with Crippen LogP contribution >= 0.6 is 0 Å². The van der Waals surface area contributed by atoms with Crippen LogP contribution in [0.5, 0.6) is 0 Å². The summed E-state index contributed by atoms with van der Waals surface area (Å²) in [5.41, 5.74) is 1.12. The maximum absolute atomic E-state index is 12.2. The van der Waals surface area contributed by atoms with Gasteiger partial charge in [-0.15, -0.1) is 0 Å². The minimum atomic E-state index is 0.155. The van der Waals surface area contributed by atoms with Crippen molar-refractivity contribution < 1.29 is 4.79 Å². The van der Waals surface area contributed by atoms with Crippen LogP contribution in [0.1, 0.15) is 45.4 Å². The number of para-hydroxylation sites is 1. The summed E-state index contributed by atoms with van der Waals surface area (Å²) in [5, 5.41) is 3.21. The number of nitrogens with zero attached hydrogens (tertiary/aromatic N) is 1. The molecule has 110 valence electrons. The van der Waals surface area contributed by atoms with E-state index in [-0.39, 0.29) is 5.91 Å². The monoisotopic (exact) mass is 274 g/mol. The molecule has 1 N–H and O–H groups in total. The van der Waals surface area contributed by atoms with Crippen LogP contribution in [0.15, 0.2) is 30.3 Å². The van der Waals surface area contributed by atoms with Crippen molar-refractivity contribution >= 4 is 11.6 Å². The zero-order valence-corrected chi connectivity index (χ0v) is 12.5. The van der Waals surface area contributed by atoms with E-state index in [2.05, 4.69) is 29.3 Å². The van der Waals surface area contributed by atoms with Crippen molar-refractivity contribution in [1.82, 2.24) is 5.32 Å². The molecule has 0 aliphatic heterocycles. The van der Waals surface area contributed by atoms with Gasteiger partial charge in [0.25, 0.3) is 0 Å². The third kappa shape index (κ3) is 4.55. The topological polar surface area (TPSA) is 32.3 Å². The first-order valence-electron chi connectivity index (χ1n) is 7.89. The highest BCUT2D eigenvalue weighted by atomic mass is 16.2. The molecular formula is C17H26N2O. The number of amides is 1. The molecular weight excluding hydrogens is 248 g/mol. The van der Waals surface area contributed by atoms with Gasteiger partial charge in [-0.25, -0.2) is 0 Å². The van der Waals surface area contributed by atoms with Gasteiger partial charge in [-0.05, 0) is 31.9 Å². The van der Waals surface area contributed by atoms with E-state index in [1.54, 1.807) is 0 Å². The highest BCUT2D eigenvalue weighted by Gasteiger charge is 2.16. The number of benzene rings is 1. The van der Waals surface area contributed by atoms with Crippen LogP contribution in [-0.4, -0.2) is 25.0 Å². The second kappa shape index (κ2) is 7.93. The van der Waals surface area contributed by atoms with Gasteiger partial charge in [0.05, 0.1) is 6.54 Å². The maximum atomic E-state index is 12.2. The van der Waals surface area contributed by atoms with Crippen LogP contribution in [0.2, 0.25) is 0 Å². The average molecular weight is 274 g/mol. The summed E-state index contributed by atoms with van der Waals surface area (Å²) in [5.74, 6) is 0.155. The Labute approximate surface area is 122 Å². The average Bonchev–Trinajstić information content (AvgIpc) is 2.74. The van der Waals surface area contributed by atoms with Crippen LogP contribution in [0, 0.1) is 0 Å². The van der Waals surface area contributed by atoms with Crippen LogP contribution in [-0.2, 0) is 4.79 Å². The number of nitrogens with one attached hydrogen (secondary N) is 1. The molecule has 0 radical (unpaired) electrons. The quantitative estimate of drug-likeness (QED) is 0.835. The Bertz CT molecular complexity index is 397. The second-order valence-electron chi connectivity index (χ2n) is 5.61. The molecule has 0 saturated heterocycles. The van der Waals surface area contributed by atoms with Gasteiger partial charge in [0, 0.05) is 18.3 Å². The fraction of sp³-hybridized carbons (Fsp3) is 0.588. The zero-order valence-electron chi connectivity index (χ0n) is 12.5. The van der Waals surface area contributed by atoms with E-state index >= 15 is 0 Å². The summed E-state index contributed by atoms with van der Waals surface area (Å²) in [7, 11) is 0. The van der Waals surface area contributed by atoms with Gasteiger partial charge >= 0.3 is 0 Å². The van der Waals surface area contributed by atoms with E-state index < -0.39 is 0 Å². The minimum Gasteiger partial charge on any atom is -0.363 e. The van der Waals surface area contributed by atoms with E-state index in [4.69, 9.17) is 0 Å². The number of anilines is 1. The van der Waals surface area contributed by atoms with Crippen molar-refractivity contribution in [3.63, 3.8) is 0 Å². The first-order chi connectivity index (χ1) is 9.79. The Kier molecular flexibility index (Phi) is 5.90. The van der Waals surface area contributed by atoms with Crippen LogP contribution in [0.25, 0.3) is 0 Å². The summed E-state index contributed by atoms with van der Waals surface area (Å²) in [6, 6.07) is 10.5. The van der Waals surface area contributed by atoms with Crippen molar-refractivity contribution in [2.45, 2.75) is 51.5 Å². The Hall–Kier alpha value is -1.51. The number of carbonyl (C=O) groups excluding carboxylic acids is 1. The second-order valence-corrected chi connectivity index (χ2v) is 5.61. The van der Waals surface area contributed by atoms with Crippen molar-refractivity contribution in [3.8, 4) is 0 Å². The fourth-order valence-corrected chi connectivity index (χ4v) is 2.89. The lowest BCUT2D eigenvalue weighted by Crippen LogP contribution is -2.42. The lowest BCUT2D eigenvalue weighted by atomic mass is 10.1. The van der Waals surface area contributed by atoms with Crippen molar-refractivity contribution in [3.05, 3.63) is 30.3 Å². The summed E-state index contributed by atoms with van der Waals surface area (Å²) in [4.78, 5) is 14.3. The molecule has 1 saturated carbocycles. The first kappa shape index (κ1) is 14.9. The lowest BCUT2D eigenvalue weighted by molar-refractivity contribution is -0.120. The minimum absolute atomic E-state index is 0.155. The van der Waals surface area contributed by atoms with E-state index in [1.807, 2.05) is 18.2 Å². The van der Waals surface area contributed by atoms with Gasteiger partial charge in [-0.3, -0.25) is 4.79 Å². The van der Waals surface area contributed by atoms with Gasteiger partial charge in [-0.2, -0.15) is 0 Å². The number of rotatable bonds is 5. The zero-order chi connectivity index (χ0) is 14.2. The van der Waals surface area contributed by atoms with Gasteiger partial charge in [0.2, 0.25) is 5.91 Å². The number of hydrogen-bond donors (Lipinski definition) is 1. The molecule has 1 aliphatic carbocycles. The molecule has 1 amide bonds. The van der Waals surface area contributed by atoms with Crippen molar-refractivity contribution in [2.75, 3.05) is 18.0 Å². The van der Waals surface area contributed by atoms with E-state index in [9.17, 15) is 4.79 Å². The Morgan fingerprint density at radius 1 is 1.15 bits per heavy atom. The standard InChI is InChI=1S/C17H26N2O/c1-2-19(16-12-8-5-9-13-16)14-17(20)18-15-10-6-3-4-7-11-15/h5,8-9,12-13,15H,2-4,6-7,10-11,14H2,1H3,(H,18,20). The van der Waals surface area contributed by atoms with Crippen molar-refractivity contribution in [1.29, 1.82) is 0 Å². The highest BCUT2D eigenvalue weighted by Crippen LogP contribution is 2.17. The summed E-state index contributed by atoms with van der Waals surface area (Å²) in [6.45, 7) is 3.39. The van der Waals surface area contributed by atoms with E-state index in [1.165, 1.54) is 25.7 Å².